The van der Waals surface area contributed by atoms with Gasteiger partial charge in [-0.1, -0.05) is 102 Å². The Balaban J connectivity index is 1.48. The van der Waals surface area contributed by atoms with Gasteiger partial charge in [-0.15, -0.1) is 0 Å². The highest BCUT2D eigenvalue weighted by molar-refractivity contribution is 5.98. The van der Waals surface area contributed by atoms with Crippen molar-refractivity contribution in [2.24, 2.45) is 0 Å². The van der Waals surface area contributed by atoms with Crippen LogP contribution in [0.15, 0.2) is 116 Å². The van der Waals surface area contributed by atoms with Gasteiger partial charge >= 0.3 is 0 Å². The SMILES string of the molecule is CC(C)(C)c1ccc(-n2c(-c3cccc(-c4cc(C(C)(C)C)cc5cncnc45)c3)nc3c(-c4ccccc4O)cccc32)cc1. The monoisotopic (exact) mass is 602 g/mol. The average Bonchev–Trinajstić information content (AvgIpc) is 3.44. The summed E-state index contributed by atoms with van der Waals surface area (Å²) < 4.78 is 2.23. The molecule has 0 bridgehead atoms. The minimum Gasteiger partial charge on any atom is -0.507 e. The van der Waals surface area contributed by atoms with Crippen LogP contribution in [-0.4, -0.2) is 24.6 Å². The molecule has 0 atom stereocenters. The summed E-state index contributed by atoms with van der Waals surface area (Å²) in [6, 6.07) is 35.4. The smallest absolute Gasteiger partial charge is 0.145 e. The lowest BCUT2D eigenvalue weighted by molar-refractivity contribution is 0.477. The van der Waals surface area contributed by atoms with E-state index < -0.39 is 0 Å². The van der Waals surface area contributed by atoms with E-state index in [1.807, 2.05) is 36.5 Å². The van der Waals surface area contributed by atoms with E-state index in [4.69, 9.17) is 9.97 Å². The second-order valence-corrected chi connectivity index (χ2v) is 14.1. The fourth-order valence-corrected chi connectivity index (χ4v) is 6.17. The summed E-state index contributed by atoms with van der Waals surface area (Å²) in [7, 11) is 0. The molecule has 0 radical (unpaired) electrons. The van der Waals surface area contributed by atoms with Crippen LogP contribution in [0.3, 0.4) is 0 Å². The molecule has 0 unspecified atom stereocenters. The van der Waals surface area contributed by atoms with E-state index in [0.29, 0.717) is 0 Å². The first-order chi connectivity index (χ1) is 22.0. The third-order valence-electron chi connectivity index (χ3n) is 8.78. The lowest BCUT2D eigenvalue weighted by Crippen LogP contribution is -2.11. The van der Waals surface area contributed by atoms with E-state index in [1.54, 1.807) is 12.4 Å². The van der Waals surface area contributed by atoms with E-state index in [0.717, 1.165) is 61.3 Å². The van der Waals surface area contributed by atoms with Crippen LogP contribution in [0.2, 0.25) is 0 Å². The molecule has 0 amide bonds. The quantitative estimate of drug-likeness (QED) is 0.218. The lowest BCUT2D eigenvalue weighted by atomic mass is 9.84. The molecule has 2 aromatic heterocycles. The van der Waals surface area contributed by atoms with Gasteiger partial charge < -0.3 is 5.11 Å². The van der Waals surface area contributed by atoms with Crippen LogP contribution in [0.1, 0.15) is 52.7 Å². The van der Waals surface area contributed by atoms with Gasteiger partial charge in [0.1, 0.15) is 17.9 Å². The number of para-hydroxylation sites is 2. The van der Waals surface area contributed by atoms with Crippen molar-refractivity contribution in [2.75, 3.05) is 0 Å². The van der Waals surface area contributed by atoms with Crippen LogP contribution < -0.4 is 0 Å². The van der Waals surface area contributed by atoms with Crippen molar-refractivity contribution >= 4 is 21.9 Å². The Kier molecular flexibility index (Phi) is 7.01. The van der Waals surface area contributed by atoms with Crippen molar-refractivity contribution < 1.29 is 5.11 Å². The largest absolute Gasteiger partial charge is 0.507 e. The summed E-state index contributed by atoms with van der Waals surface area (Å²) in [5, 5.41) is 11.8. The molecule has 5 nitrogen and oxygen atoms in total. The summed E-state index contributed by atoms with van der Waals surface area (Å²) in [6.07, 6.45) is 3.51. The highest BCUT2D eigenvalue weighted by Gasteiger charge is 2.22. The maximum absolute atomic E-state index is 10.8. The number of phenols is 1. The van der Waals surface area contributed by atoms with Gasteiger partial charge in [0.15, 0.2) is 0 Å². The summed E-state index contributed by atoms with van der Waals surface area (Å²) in [5.41, 5.74) is 11.0. The van der Waals surface area contributed by atoms with Crippen molar-refractivity contribution in [3.8, 4) is 45.1 Å². The molecule has 0 aliphatic heterocycles. The maximum atomic E-state index is 10.8. The fourth-order valence-electron chi connectivity index (χ4n) is 6.17. The number of phenolic OH excluding ortho intramolecular Hbond substituents is 1. The molecule has 0 spiro atoms. The first kappa shape index (κ1) is 29.4. The van der Waals surface area contributed by atoms with Gasteiger partial charge in [0.2, 0.25) is 0 Å². The average molecular weight is 603 g/mol. The zero-order chi connectivity index (χ0) is 32.2. The third kappa shape index (κ3) is 5.22. The van der Waals surface area contributed by atoms with Crippen molar-refractivity contribution in [3.63, 3.8) is 0 Å². The van der Waals surface area contributed by atoms with Gasteiger partial charge in [-0.2, -0.15) is 0 Å². The van der Waals surface area contributed by atoms with Crippen LogP contribution in [0.4, 0.5) is 0 Å². The number of imidazole rings is 1. The first-order valence-corrected chi connectivity index (χ1v) is 15.7. The molecule has 46 heavy (non-hydrogen) atoms. The number of fused-ring (bicyclic) bond motifs is 2. The second-order valence-electron chi connectivity index (χ2n) is 14.1. The molecule has 0 fully saturated rings. The Morgan fingerprint density at radius 2 is 1.30 bits per heavy atom. The van der Waals surface area contributed by atoms with Crippen molar-refractivity contribution in [3.05, 3.63) is 127 Å². The number of benzene rings is 5. The van der Waals surface area contributed by atoms with Crippen LogP contribution in [0, 0.1) is 0 Å². The van der Waals surface area contributed by atoms with E-state index in [2.05, 4.69) is 118 Å². The van der Waals surface area contributed by atoms with E-state index >= 15 is 0 Å². The zero-order valence-electron chi connectivity index (χ0n) is 27.2. The molecule has 7 aromatic rings. The summed E-state index contributed by atoms with van der Waals surface area (Å²) in [4.78, 5) is 14.4. The number of nitrogens with zero attached hydrogens (tertiary/aromatic N) is 4. The third-order valence-corrected chi connectivity index (χ3v) is 8.78. The number of hydrogen-bond acceptors (Lipinski definition) is 4. The normalized spacial score (nSPS) is 12.2. The van der Waals surface area contributed by atoms with Crippen LogP contribution in [0.25, 0.3) is 61.3 Å². The summed E-state index contributed by atoms with van der Waals surface area (Å²) >= 11 is 0. The van der Waals surface area contributed by atoms with E-state index in [9.17, 15) is 5.11 Å². The van der Waals surface area contributed by atoms with Crippen molar-refractivity contribution in [2.45, 2.75) is 52.4 Å². The van der Waals surface area contributed by atoms with Gasteiger partial charge in [0.25, 0.3) is 0 Å². The van der Waals surface area contributed by atoms with Crippen molar-refractivity contribution in [1.29, 1.82) is 0 Å². The van der Waals surface area contributed by atoms with Crippen LogP contribution in [0.5, 0.6) is 5.75 Å². The minimum atomic E-state index is -0.0387. The Hall–Kier alpha value is -5.29. The standard InChI is InChI=1S/C41H38N4O/c1-40(2,3)29-17-19-31(20-18-29)45-35-15-10-14-33(32-13-7-8-16-36(32)46)38(35)44-39(45)27-12-9-11-26(21-27)34-23-30(41(4,5)6)22-28-24-42-25-43-37(28)34/h7-25,46H,1-6H3. The van der Waals surface area contributed by atoms with Gasteiger partial charge in [-0.05, 0) is 70.0 Å². The van der Waals surface area contributed by atoms with Gasteiger partial charge in [-0.25, -0.2) is 15.0 Å². The molecule has 0 aliphatic carbocycles. The highest BCUT2D eigenvalue weighted by Crippen LogP contribution is 2.39. The van der Waals surface area contributed by atoms with Gasteiger partial charge in [-0.3, -0.25) is 4.57 Å². The first-order valence-electron chi connectivity index (χ1n) is 15.7. The molecule has 0 aliphatic rings. The molecule has 228 valence electrons. The van der Waals surface area contributed by atoms with Gasteiger partial charge in [0.05, 0.1) is 16.6 Å². The lowest BCUT2D eigenvalue weighted by Gasteiger charge is -2.21. The van der Waals surface area contributed by atoms with Gasteiger partial charge in [0, 0.05) is 39.5 Å². The highest BCUT2D eigenvalue weighted by atomic mass is 16.3. The molecule has 0 saturated heterocycles. The van der Waals surface area contributed by atoms with E-state index in [-0.39, 0.29) is 16.6 Å². The molecular weight excluding hydrogens is 564 g/mol. The molecule has 0 saturated carbocycles. The second kappa shape index (κ2) is 11.0. The number of aromatic nitrogens is 4. The topological polar surface area (TPSA) is 63.8 Å². The number of hydrogen-bond donors (Lipinski definition) is 1. The number of rotatable bonds is 4. The van der Waals surface area contributed by atoms with Crippen molar-refractivity contribution in [1.82, 2.24) is 19.5 Å². The zero-order valence-corrected chi connectivity index (χ0v) is 27.2. The molecular formula is C41H38N4O. The Morgan fingerprint density at radius 1 is 0.609 bits per heavy atom. The predicted octanol–water partition coefficient (Wildman–Crippen LogP) is 10.3. The molecule has 5 aromatic carbocycles. The Morgan fingerprint density at radius 3 is 2.04 bits per heavy atom. The minimum absolute atomic E-state index is 0.0387. The molecule has 5 heteroatoms. The van der Waals surface area contributed by atoms with Crippen LogP contribution in [-0.2, 0) is 10.8 Å². The maximum Gasteiger partial charge on any atom is 0.145 e. The predicted molar refractivity (Wildman–Crippen MR) is 190 cm³/mol. The Labute approximate surface area is 270 Å². The fraction of sp³-hybridized carbons (Fsp3) is 0.195. The molecule has 2 heterocycles. The molecule has 1 N–H and O–H groups in total. The molecule has 7 rings (SSSR count). The summed E-state index contributed by atoms with van der Waals surface area (Å²) in [6.45, 7) is 13.4. The number of aromatic hydroxyl groups is 1. The Bertz CT molecular complexity index is 2230. The summed E-state index contributed by atoms with van der Waals surface area (Å²) in [5.74, 6) is 1.06. The van der Waals surface area contributed by atoms with E-state index in [1.165, 1.54) is 11.1 Å². The van der Waals surface area contributed by atoms with Crippen LogP contribution >= 0.6 is 0 Å².